The molecule has 186 valence electrons. The molecule has 1 saturated heterocycles. The van der Waals surface area contributed by atoms with Crippen LogP contribution in [0.4, 0.5) is 4.79 Å². The summed E-state index contributed by atoms with van der Waals surface area (Å²) < 4.78 is 18.0. The van der Waals surface area contributed by atoms with Crippen LogP contribution in [0, 0.1) is 0 Å². The van der Waals surface area contributed by atoms with Crippen LogP contribution < -0.4 is 0 Å². The number of carbonyl (C=O) groups is 2. The van der Waals surface area contributed by atoms with Crippen LogP contribution in [0.15, 0.2) is 71.5 Å². The Morgan fingerprint density at radius 1 is 1.08 bits per heavy atom. The summed E-state index contributed by atoms with van der Waals surface area (Å²) in [5.41, 5.74) is 3.94. The summed E-state index contributed by atoms with van der Waals surface area (Å²) in [6, 6.07) is 19.8. The number of carboxylic acids is 1. The van der Waals surface area contributed by atoms with Crippen LogP contribution in [0.2, 0.25) is 0 Å². The molecule has 8 nitrogen and oxygen atoms in total. The normalized spacial score (nSPS) is 19.3. The molecule has 1 aromatic heterocycles. The molecule has 0 saturated carbocycles. The molecule has 1 amide bonds. The van der Waals surface area contributed by atoms with Crippen molar-refractivity contribution in [2.75, 3.05) is 39.5 Å². The maximum atomic E-state index is 13.3. The van der Waals surface area contributed by atoms with Crippen molar-refractivity contribution in [2.24, 2.45) is 0 Å². The average molecular weight is 553 g/mol. The first-order valence-corrected chi connectivity index (χ1v) is 12.4. The molecule has 0 radical (unpaired) electrons. The molecule has 1 N–H and O–H groups in total. The van der Waals surface area contributed by atoms with Crippen molar-refractivity contribution in [1.29, 1.82) is 0 Å². The number of carbonyl (C=O) groups excluding carboxylic acids is 1. The third-order valence-electron chi connectivity index (χ3n) is 6.60. The quantitative estimate of drug-likeness (QED) is 0.452. The van der Waals surface area contributed by atoms with E-state index in [4.69, 9.17) is 14.2 Å². The number of benzene rings is 2. The van der Waals surface area contributed by atoms with E-state index < -0.39 is 24.3 Å². The van der Waals surface area contributed by atoms with Crippen LogP contribution in [0.3, 0.4) is 0 Å². The van der Waals surface area contributed by atoms with Gasteiger partial charge in [0.15, 0.2) is 0 Å². The van der Waals surface area contributed by atoms with Crippen LogP contribution in [-0.2, 0) is 24.6 Å². The number of fused-ring (bicyclic) bond motifs is 3. The minimum atomic E-state index is -1.23. The number of halogens is 1. The maximum absolute atomic E-state index is 13.3. The molecular formula is C27H25BrN2O6. The molecule has 2 aromatic carbocycles. The number of aromatic nitrogens is 1. The number of aliphatic carboxylic acids is 1. The van der Waals surface area contributed by atoms with Gasteiger partial charge in [0.05, 0.1) is 19.8 Å². The number of rotatable bonds is 6. The van der Waals surface area contributed by atoms with E-state index in [0.717, 1.165) is 22.3 Å². The van der Waals surface area contributed by atoms with Gasteiger partial charge in [-0.05, 0) is 44.3 Å². The van der Waals surface area contributed by atoms with Gasteiger partial charge in [0, 0.05) is 24.2 Å². The lowest BCUT2D eigenvalue weighted by Crippen LogP contribution is -2.47. The molecule has 36 heavy (non-hydrogen) atoms. The monoisotopic (exact) mass is 552 g/mol. The first-order chi connectivity index (χ1) is 17.5. The Morgan fingerprint density at radius 3 is 2.44 bits per heavy atom. The van der Waals surface area contributed by atoms with Crippen LogP contribution in [0.1, 0.15) is 22.6 Å². The lowest BCUT2D eigenvalue weighted by atomic mass is 9.95. The Kier molecular flexibility index (Phi) is 7.04. The highest BCUT2D eigenvalue weighted by molar-refractivity contribution is 9.10. The van der Waals surface area contributed by atoms with Crippen molar-refractivity contribution in [3.63, 3.8) is 0 Å². The standard InChI is InChI=1S/C27H25BrN2O6/c28-25-23(10-5-11-29-25)27(36-15-24(31)32)16-30(12-13-34-17-27)26(33)35-14-22-20-8-3-1-6-18(20)19-7-2-4-9-21(19)22/h1-11,22H,12-17H2,(H,31,32). The summed E-state index contributed by atoms with van der Waals surface area (Å²) in [4.78, 5) is 30.4. The Labute approximate surface area is 216 Å². The Morgan fingerprint density at radius 2 is 1.78 bits per heavy atom. The lowest BCUT2D eigenvalue weighted by molar-refractivity contribution is -0.156. The molecule has 1 unspecified atom stereocenters. The largest absolute Gasteiger partial charge is 0.480 e. The number of ether oxygens (including phenoxy) is 3. The minimum Gasteiger partial charge on any atom is -0.480 e. The Bertz CT molecular complexity index is 1240. The highest BCUT2D eigenvalue weighted by atomic mass is 79.9. The Hall–Kier alpha value is -3.27. The zero-order chi connectivity index (χ0) is 25.1. The van der Waals surface area contributed by atoms with Gasteiger partial charge in [-0.2, -0.15) is 0 Å². The summed E-state index contributed by atoms with van der Waals surface area (Å²) in [5, 5.41) is 9.29. The Balaban J connectivity index is 1.37. The fraction of sp³-hybridized carbons (Fsp3) is 0.296. The van der Waals surface area contributed by atoms with Gasteiger partial charge in [0.1, 0.15) is 23.4 Å². The summed E-state index contributed by atoms with van der Waals surface area (Å²) in [6.45, 7) is 0.305. The van der Waals surface area contributed by atoms with E-state index in [1.165, 1.54) is 4.90 Å². The number of amides is 1. The maximum Gasteiger partial charge on any atom is 0.409 e. The number of hydrogen-bond donors (Lipinski definition) is 1. The lowest BCUT2D eigenvalue weighted by Gasteiger charge is -2.35. The van der Waals surface area contributed by atoms with Crippen molar-refractivity contribution in [3.8, 4) is 11.1 Å². The van der Waals surface area contributed by atoms with Gasteiger partial charge in [0.25, 0.3) is 0 Å². The molecule has 3 aromatic rings. The number of carboxylic acid groups (broad SMARTS) is 1. The minimum absolute atomic E-state index is 0.0568. The average Bonchev–Trinajstić information content (AvgIpc) is 3.04. The summed E-state index contributed by atoms with van der Waals surface area (Å²) in [7, 11) is 0. The van der Waals surface area contributed by atoms with Gasteiger partial charge in [-0.25, -0.2) is 14.6 Å². The molecule has 5 rings (SSSR count). The molecule has 2 aliphatic rings. The van der Waals surface area contributed by atoms with Gasteiger partial charge < -0.3 is 24.2 Å². The van der Waals surface area contributed by atoms with Crippen LogP contribution in [-0.4, -0.2) is 66.6 Å². The molecule has 2 heterocycles. The van der Waals surface area contributed by atoms with E-state index in [1.54, 1.807) is 18.3 Å². The zero-order valence-corrected chi connectivity index (χ0v) is 21.0. The highest BCUT2D eigenvalue weighted by Gasteiger charge is 2.42. The molecule has 0 spiro atoms. The van der Waals surface area contributed by atoms with E-state index in [0.29, 0.717) is 10.2 Å². The molecule has 1 atom stereocenters. The number of pyridine rings is 1. The van der Waals surface area contributed by atoms with Gasteiger partial charge in [-0.15, -0.1) is 0 Å². The fourth-order valence-electron chi connectivity index (χ4n) is 4.94. The highest BCUT2D eigenvalue weighted by Crippen LogP contribution is 2.44. The number of hydrogen-bond acceptors (Lipinski definition) is 6. The smallest absolute Gasteiger partial charge is 0.409 e. The second-order valence-electron chi connectivity index (χ2n) is 8.80. The molecule has 1 aliphatic heterocycles. The third kappa shape index (κ3) is 4.74. The first kappa shape index (κ1) is 24.4. The van der Waals surface area contributed by atoms with Crippen LogP contribution in [0.25, 0.3) is 11.1 Å². The second-order valence-corrected chi connectivity index (χ2v) is 9.55. The van der Waals surface area contributed by atoms with Gasteiger partial charge >= 0.3 is 12.1 Å². The van der Waals surface area contributed by atoms with E-state index in [2.05, 4.69) is 45.2 Å². The van der Waals surface area contributed by atoms with E-state index in [9.17, 15) is 14.7 Å². The van der Waals surface area contributed by atoms with Crippen molar-refractivity contribution in [3.05, 3.63) is 88.2 Å². The third-order valence-corrected chi connectivity index (χ3v) is 7.24. The predicted octanol–water partition coefficient (Wildman–Crippen LogP) is 4.42. The summed E-state index contributed by atoms with van der Waals surface area (Å²) in [6.07, 6.45) is 1.10. The molecule has 1 aliphatic carbocycles. The van der Waals surface area contributed by atoms with E-state index >= 15 is 0 Å². The fourth-order valence-corrected chi connectivity index (χ4v) is 5.55. The molecule has 0 bridgehead atoms. The van der Waals surface area contributed by atoms with Crippen molar-refractivity contribution in [1.82, 2.24) is 9.88 Å². The van der Waals surface area contributed by atoms with Gasteiger partial charge in [-0.1, -0.05) is 54.6 Å². The molecule has 9 heteroatoms. The van der Waals surface area contributed by atoms with Crippen molar-refractivity contribution < 1.29 is 28.9 Å². The van der Waals surface area contributed by atoms with Gasteiger partial charge in [-0.3, -0.25) is 0 Å². The topological polar surface area (TPSA) is 98.2 Å². The molecule has 1 fully saturated rings. The first-order valence-electron chi connectivity index (χ1n) is 11.6. The zero-order valence-electron chi connectivity index (χ0n) is 19.4. The van der Waals surface area contributed by atoms with E-state index in [1.807, 2.05) is 24.3 Å². The number of nitrogens with zero attached hydrogens (tertiary/aromatic N) is 2. The second kappa shape index (κ2) is 10.4. The predicted molar refractivity (Wildman–Crippen MR) is 135 cm³/mol. The SMILES string of the molecule is O=C(O)COC1(c2cccnc2Br)COCCN(C(=O)OCC2c3ccccc3-c3ccccc32)C1. The van der Waals surface area contributed by atoms with E-state index in [-0.39, 0.29) is 38.8 Å². The van der Waals surface area contributed by atoms with Crippen LogP contribution >= 0.6 is 15.9 Å². The van der Waals surface area contributed by atoms with Crippen molar-refractivity contribution >= 4 is 28.0 Å². The van der Waals surface area contributed by atoms with Crippen LogP contribution in [0.5, 0.6) is 0 Å². The summed E-state index contributed by atoms with van der Waals surface area (Å²) in [5.74, 6) is -1.18. The van der Waals surface area contributed by atoms with Gasteiger partial charge in [0.2, 0.25) is 0 Å². The molecular weight excluding hydrogens is 528 g/mol. The van der Waals surface area contributed by atoms with Crippen molar-refractivity contribution in [2.45, 2.75) is 11.5 Å². The summed E-state index contributed by atoms with van der Waals surface area (Å²) >= 11 is 3.43.